The van der Waals surface area contributed by atoms with Gasteiger partial charge < -0.3 is 46.2 Å². The average molecular weight is 1360 g/mol. The Morgan fingerprint density at radius 2 is 1.22 bits per heavy atom. The molecule has 1 N–H and O–H groups in total. The van der Waals surface area contributed by atoms with Crippen LogP contribution in [0.15, 0.2) is 59.8 Å². The molecular weight excluding hydrogens is 1220 g/mol. The van der Waals surface area contributed by atoms with Crippen LogP contribution in [0.4, 0.5) is 0 Å². The van der Waals surface area contributed by atoms with Gasteiger partial charge in [-0.25, -0.2) is 0 Å². The highest BCUT2D eigenvalue weighted by molar-refractivity contribution is 6.75. The van der Waals surface area contributed by atoms with Crippen LogP contribution in [0.3, 0.4) is 0 Å². The van der Waals surface area contributed by atoms with Gasteiger partial charge in [0.2, 0.25) is 0 Å². The van der Waals surface area contributed by atoms with Gasteiger partial charge in [-0.2, -0.15) is 0 Å². The third-order valence-corrected chi connectivity index (χ3v) is 45.2. The number of aliphatic hydroxyl groups is 1. The summed E-state index contributed by atoms with van der Waals surface area (Å²) in [5.41, 5.74) is 4.24. The van der Waals surface area contributed by atoms with Crippen molar-refractivity contribution in [3.63, 3.8) is 0 Å². The van der Waals surface area contributed by atoms with E-state index in [0.717, 1.165) is 73.4 Å². The number of aliphatic hydroxyl groups excluding tert-OH is 1. The van der Waals surface area contributed by atoms with Crippen molar-refractivity contribution in [2.75, 3.05) is 13.2 Å². The number of rotatable bonds is 40. The van der Waals surface area contributed by atoms with Gasteiger partial charge in [-0.15, -0.1) is 0 Å². The quantitative estimate of drug-likeness (QED) is 0.0273. The summed E-state index contributed by atoms with van der Waals surface area (Å²) in [5.74, 6) is -0.0551. The molecule has 0 aromatic rings. The molecule has 0 spiro atoms. The smallest absolute Gasteiger partial charge is 0.193 e. The van der Waals surface area contributed by atoms with Gasteiger partial charge in [-0.1, -0.05) is 181 Å². The molecule has 2 saturated heterocycles. The number of Topliss-reactive ketones (excluding diaryl/α,β-unsaturated/α-hetero) is 1. The molecule has 2 heterocycles. The van der Waals surface area contributed by atoms with Crippen LogP contribution in [0.2, 0.25) is 90.7 Å². The van der Waals surface area contributed by atoms with E-state index in [1.54, 1.807) is 0 Å². The Balaban J connectivity index is 2.68. The number of hydrogen-bond donors (Lipinski definition) is 1. The molecule has 1 unspecified atom stereocenters. The number of ether oxygens (including phenoxy) is 4. The normalized spacial score (nSPS) is 23.1. The van der Waals surface area contributed by atoms with E-state index in [1.807, 2.05) is 13.8 Å². The average Bonchev–Trinajstić information content (AvgIpc) is 1.77. The maximum atomic E-state index is 15.2. The van der Waals surface area contributed by atoms with E-state index in [4.69, 9.17) is 47.7 Å². The second kappa shape index (κ2) is 36.2. The Morgan fingerprint density at radius 3 is 1.73 bits per heavy atom. The zero-order chi connectivity index (χ0) is 70.3. The Morgan fingerprint density at radius 1 is 0.692 bits per heavy atom. The second-order valence-corrected chi connectivity index (χ2v) is 57.8. The summed E-state index contributed by atoms with van der Waals surface area (Å²) < 4.78 is 63.9. The Labute approximate surface area is 567 Å². The minimum absolute atomic E-state index is 0.0703. The number of carbonyl (C=O) groups excluding carboxylic acids is 1. The van der Waals surface area contributed by atoms with Gasteiger partial charge in [0, 0.05) is 31.5 Å². The summed E-state index contributed by atoms with van der Waals surface area (Å²) in [6.45, 7) is 79.9. The minimum atomic E-state index is -2.45. The van der Waals surface area contributed by atoms with Gasteiger partial charge in [-0.3, -0.25) is 4.79 Å². The highest BCUT2D eigenvalue weighted by atomic mass is 28.4. The van der Waals surface area contributed by atoms with Crippen LogP contribution in [0, 0.1) is 17.8 Å². The Kier molecular flexibility index (Phi) is 34.3. The highest BCUT2D eigenvalue weighted by Gasteiger charge is 2.51. The molecule has 0 saturated carbocycles. The molecule has 0 aromatic heterocycles. The first-order valence-electron chi connectivity index (χ1n) is 36.0. The van der Waals surface area contributed by atoms with Gasteiger partial charge in [0.1, 0.15) is 11.9 Å². The van der Waals surface area contributed by atoms with Crippen LogP contribution in [-0.2, 0) is 45.9 Å². The molecule has 0 aliphatic carbocycles. The Bertz CT molecular complexity index is 2300. The van der Waals surface area contributed by atoms with E-state index < -0.39 is 60.1 Å². The SMILES string of the molecule is C=C(/C=C(\C)[C@@H](C)[C@H](CC(=O)[C@@H](C)C[C@@H](C[C@H]1CC[C@H]([C@@H](/C=C/C=C(\C)[C@@H](O[Si](C)(C)C(C)(C)C)C(=C)CCCC)O[Si](CC)(CC)CC)O1)OC(C)OCC)O[Si](C)(C)C(C)(C)C)[C@@H](O[Si](C)(C)C(C)(C)C)[C@@H](O[Si](C)(C)C(C)(C)C)[C@H]1C[C@@H](C)[C@H](CCO)O1. The standard InChI is InChI=1S/C75H146O11Si5/c1-34-39-41-53(6)69(84-88(28,29)73(17,18)19)54(7)42-40-43-66(83-91(36-3,37-4)38-5)65-45-44-61(80-65)51-62(79-60(13)78-35-2)49-56(9)63(77)52-67(82-87(26,27)72(14,15)16)59(12)55(8)48-58(11)70(85-89(30,31)74(20,21)22)71(86-90(32,33)75(23,24)25)68-50-57(10)64(81-68)46-47-76/h40,42-43,48,56-57,59-62,64-71,76H,6,11,34-39,41,44-47,49-52H2,1-5,7-10,12-33H3/b43-40+,54-42+,55-48+/t56-,57+,59+,60?,61+,62-,64-,65+,66+,67-,68+,69-,70+,71-/m0/s1. The molecule has 2 aliphatic rings. The van der Waals surface area contributed by atoms with E-state index >= 15 is 4.79 Å². The molecule has 14 atom stereocenters. The summed E-state index contributed by atoms with van der Waals surface area (Å²) in [6.07, 6.45) is 13.7. The van der Waals surface area contributed by atoms with Gasteiger partial charge in [0.15, 0.2) is 47.9 Å². The molecule has 16 heteroatoms. The molecule has 11 nitrogen and oxygen atoms in total. The summed E-state index contributed by atoms with van der Waals surface area (Å²) in [4.78, 5) is 15.2. The maximum absolute atomic E-state index is 15.2. The molecular formula is C75H146O11Si5. The van der Waals surface area contributed by atoms with Crippen molar-refractivity contribution in [1.29, 1.82) is 0 Å². The first-order valence-corrected chi connectivity index (χ1v) is 50.2. The summed E-state index contributed by atoms with van der Waals surface area (Å²) >= 11 is 0. The third kappa shape index (κ3) is 25.7. The fraction of sp³-hybridized carbons (Fsp3) is 0.853. The number of allylic oxidation sites excluding steroid dienone is 2. The van der Waals surface area contributed by atoms with E-state index in [9.17, 15) is 5.11 Å². The van der Waals surface area contributed by atoms with Gasteiger partial charge >= 0.3 is 0 Å². The van der Waals surface area contributed by atoms with Crippen molar-refractivity contribution in [3.8, 4) is 0 Å². The van der Waals surface area contributed by atoms with Crippen LogP contribution >= 0.6 is 0 Å². The molecule has 532 valence electrons. The molecule has 0 aromatic carbocycles. The van der Waals surface area contributed by atoms with Crippen molar-refractivity contribution in [2.45, 2.75) is 381 Å². The van der Waals surface area contributed by atoms with E-state index in [0.29, 0.717) is 25.9 Å². The second-order valence-electron chi connectivity index (χ2n) is 34.1. The van der Waals surface area contributed by atoms with E-state index in [-0.39, 0.29) is 106 Å². The fourth-order valence-electron chi connectivity index (χ4n) is 11.6. The predicted octanol–water partition coefficient (Wildman–Crippen LogP) is 21.2. The molecule has 91 heavy (non-hydrogen) atoms. The predicted molar refractivity (Wildman–Crippen MR) is 400 cm³/mol. The van der Waals surface area contributed by atoms with Crippen LogP contribution in [-0.4, -0.2) is 133 Å². The molecule has 0 radical (unpaired) electrons. The molecule has 2 fully saturated rings. The number of hydrogen-bond acceptors (Lipinski definition) is 11. The maximum Gasteiger partial charge on any atom is 0.193 e. The third-order valence-electron chi connectivity index (χ3n) is 22.7. The van der Waals surface area contributed by atoms with Crippen molar-refractivity contribution in [1.82, 2.24) is 0 Å². The van der Waals surface area contributed by atoms with E-state index in [1.165, 1.54) is 5.57 Å². The molecule has 2 aliphatic heterocycles. The molecule has 0 amide bonds. The lowest BCUT2D eigenvalue weighted by molar-refractivity contribution is -0.171. The fourth-order valence-corrected chi connectivity index (χ4v) is 19.6. The van der Waals surface area contributed by atoms with E-state index in [2.05, 4.69) is 229 Å². The lowest BCUT2D eigenvalue weighted by Crippen LogP contribution is -2.55. The number of carbonyl (C=O) groups is 1. The van der Waals surface area contributed by atoms with Crippen molar-refractivity contribution >= 4 is 47.4 Å². The summed E-state index contributed by atoms with van der Waals surface area (Å²) in [6, 6.07) is 3.13. The first kappa shape index (κ1) is 86.1. The summed E-state index contributed by atoms with van der Waals surface area (Å²) in [7, 11) is -11.4. The first-order chi connectivity index (χ1) is 41.5. The van der Waals surface area contributed by atoms with Crippen molar-refractivity contribution in [2.24, 2.45) is 17.8 Å². The van der Waals surface area contributed by atoms with Crippen LogP contribution < -0.4 is 0 Å². The highest BCUT2D eigenvalue weighted by Crippen LogP contribution is 2.46. The zero-order valence-electron chi connectivity index (χ0n) is 64.9. The topological polar surface area (TPSA) is 120 Å². The largest absolute Gasteiger partial charge is 0.413 e. The van der Waals surface area contributed by atoms with Gasteiger partial charge in [0.25, 0.3) is 0 Å². The molecule has 2 rings (SSSR count). The Hall–Kier alpha value is -0.946. The van der Waals surface area contributed by atoms with Gasteiger partial charge in [-0.05, 0) is 192 Å². The van der Waals surface area contributed by atoms with Crippen LogP contribution in [0.25, 0.3) is 0 Å². The minimum Gasteiger partial charge on any atom is -0.413 e. The lowest BCUT2D eigenvalue weighted by Gasteiger charge is -2.47. The summed E-state index contributed by atoms with van der Waals surface area (Å²) in [5, 5.41) is 9.92. The van der Waals surface area contributed by atoms with Crippen LogP contribution in [0.1, 0.15) is 223 Å². The number of ketones is 1. The van der Waals surface area contributed by atoms with Gasteiger partial charge in [0.05, 0.1) is 54.9 Å². The van der Waals surface area contributed by atoms with Crippen LogP contribution in [0.5, 0.6) is 0 Å². The van der Waals surface area contributed by atoms with Crippen molar-refractivity contribution < 1.29 is 51.0 Å². The zero-order valence-corrected chi connectivity index (χ0v) is 69.9. The molecule has 0 bridgehead atoms. The monoisotopic (exact) mass is 1360 g/mol. The number of unbranched alkanes of at least 4 members (excludes halogenated alkanes) is 1. The lowest BCUT2D eigenvalue weighted by atomic mass is 9.86. The van der Waals surface area contributed by atoms with Crippen molar-refractivity contribution in [3.05, 3.63) is 59.8 Å².